The number of hydrogen-bond donors (Lipinski definition) is 0. The lowest BCUT2D eigenvalue weighted by molar-refractivity contribution is 0.0939. The van der Waals surface area contributed by atoms with Gasteiger partial charge in [-0.15, -0.1) is 0 Å². The predicted octanol–water partition coefficient (Wildman–Crippen LogP) is 2.77. The fraction of sp³-hybridized carbons (Fsp3) is 0.286. The zero-order chi connectivity index (χ0) is 12.3. The first-order chi connectivity index (χ1) is 8.16. The maximum absolute atomic E-state index is 11.8. The van der Waals surface area contributed by atoms with E-state index in [2.05, 4.69) is 4.98 Å². The highest BCUT2D eigenvalue weighted by Gasteiger charge is 2.11. The lowest BCUT2D eigenvalue weighted by Crippen LogP contribution is -2.06. The Kier molecular flexibility index (Phi) is 3.38. The van der Waals surface area contributed by atoms with Crippen molar-refractivity contribution in [3.8, 4) is 0 Å². The standard InChI is InChI=1S/C14H16N2O/c1-11(2)14(17)13-5-8-16(10-13)9-12-3-6-15-7-4-12/h3-8,10-11H,9H2,1-2H3. The minimum atomic E-state index is 0.0479. The number of Topliss-reactive ketones (excluding diaryl/α,β-unsaturated/α-hetero) is 1. The summed E-state index contributed by atoms with van der Waals surface area (Å²) < 4.78 is 2.02. The van der Waals surface area contributed by atoms with Crippen LogP contribution in [0.1, 0.15) is 29.8 Å². The monoisotopic (exact) mass is 228 g/mol. The van der Waals surface area contributed by atoms with Gasteiger partial charge in [0.05, 0.1) is 0 Å². The van der Waals surface area contributed by atoms with Gasteiger partial charge in [0, 0.05) is 42.8 Å². The Bertz CT molecular complexity index is 500. The number of nitrogens with zero attached hydrogens (tertiary/aromatic N) is 2. The molecule has 0 aliphatic rings. The van der Waals surface area contributed by atoms with E-state index < -0.39 is 0 Å². The minimum absolute atomic E-state index is 0.0479. The van der Waals surface area contributed by atoms with Gasteiger partial charge in [-0.3, -0.25) is 9.78 Å². The maximum Gasteiger partial charge on any atom is 0.166 e. The third-order valence-corrected chi connectivity index (χ3v) is 2.67. The molecule has 2 rings (SSSR count). The topological polar surface area (TPSA) is 34.9 Å². The van der Waals surface area contributed by atoms with E-state index in [0.717, 1.165) is 12.1 Å². The molecule has 0 spiro atoms. The molecular formula is C14H16N2O. The molecule has 0 fully saturated rings. The van der Waals surface area contributed by atoms with Crippen molar-refractivity contribution in [2.24, 2.45) is 5.92 Å². The molecule has 0 aliphatic heterocycles. The summed E-state index contributed by atoms with van der Waals surface area (Å²) in [6, 6.07) is 5.83. The van der Waals surface area contributed by atoms with Crippen LogP contribution in [0, 0.1) is 5.92 Å². The highest BCUT2D eigenvalue weighted by Crippen LogP contribution is 2.10. The van der Waals surface area contributed by atoms with Crippen LogP contribution in [0.25, 0.3) is 0 Å². The van der Waals surface area contributed by atoms with Crippen LogP contribution in [0.15, 0.2) is 43.0 Å². The number of ketones is 1. The van der Waals surface area contributed by atoms with Gasteiger partial charge in [0.1, 0.15) is 0 Å². The van der Waals surface area contributed by atoms with Crippen LogP contribution in [0.4, 0.5) is 0 Å². The largest absolute Gasteiger partial charge is 0.349 e. The molecule has 0 saturated carbocycles. The van der Waals surface area contributed by atoms with Crippen molar-refractivity contribution in [2.45, 2.75) is 20.4 Å². The Hall–Kier alpha value is -1.90. The normalized spacial score (nSPS) is 10.8. The van der Waals surface area contributed by atoms with E-state index in [1.807, 2.05) is 49.0 Å². The molecule has 88 valence electrons. The van der Waals surface area contributed by atoms with Gasteiger partial charge in [0.2, 0.25) is 0 Å². The SMILES string of the molecule is CC(C)C(=O)c1ccn(Cc2ccncc2)c1. The van der Waals surface area contributed by atoms with Crippen LogP contribution >= 0.6 is 0 Å². The summed E-state index contributed by atoms with van der Waals surface area (Å²) in [5, 5.41) is 0. The van der Waals surface area contributed by atoms with Crippen molar-refractivity contribution in [1.29, 1.82) is 0 Å². The van der Waals surface area contributed by atoms with Gasteiger partial charge >= 0.3 is 0 Å². The molecule has 0 saturated heterocycles. The van der Waals surface area contributed by atoms with Crippen LogP contribution in [0.3, 0.4) is 0 Å². The highest BCUT2D eigenvalue weighted by molar-refractivity contribution is 5.97. The number of pyridine rings is 1. The van der Waals surface area contributed by atoms with Gasteiger partial charge < -0.3 is 4.57 Å². The Labute approximate surface area is 101 Å². The van der Waals surface area contributed by atoms with Gasteiger partial charge in [-0.2, -0.15) is 0 Å². The minimum Gasteiger partial charge on any atom is -0.349 e. The molecule has 0 amide bonds. The molecule has 3 heteroatoms. The third kappa shape index (κ3) is 2.81. The maximum atomic E-state index is 11.8. The van der Waals surface area contributed by atoms with Crippen molar-refractivity contribution < 1.29 is 4.79 Å². The molecule has 0 aromatic carbocycles. The molecule has 0 unspecified atom stereocenters. The third-order valence-electron chi connectivity index (χ3n) is 2.67. The molecule has 2 aromatic rings. The zero-order valence-electron chi connectivity index (χ0n) is 10.1. The Morgan fingerprint density at radius 1 is 1.29 bits per heavy atom. The number of carbonyl (C=O) groups excluding carboxylic acids is 1. The molecule has 0 aliphatic carbocycles. The van der Waals surface area contributed by atoms with Crippen molar-refractivity contribution in [3.05, 3.63) is 54.1 Å². The first kappa shape index (κ1) is 11.6. The summed E-state index contributed by atoms with van der Waals surface area (Å²) in [7, 11) is 0. The van der Waals surface area contributed by atoms with E-state index in [1.54, 1.807) is 12.4 Å². The zero-order valence-corrected chi connectivity index (χ0v) is 10.1. The second-order valence-electron chi connectivity index (χ2n) is 4.45. The van der Waals surface area contributed by atoms with Gasteiger partial charge in [0.15, 0.2) is 5.78 Å². The number of aromatic nitrogens is 2. The van der Waals surface area contributed by atoms with Gasteiger partial charge in [-0.05, 0) is 23.8 Å². The van der Waals surface area contributed by atoms with Crippen molar-refractivity contribution >= 4 is 5.78 Å². The molecule has 2 aromatic heterocycles. The average Bonchev–Trinajstić information content (AvgIpc) is 2.77. The first-order valence-electron chi connectivity index (χ1n) is 5.75. The summed E-state index contributed by atoms with van der Waals surface area (Å²) in [6.07, 6.45) is 7.40. The second-order valence-corrected chi connectivity index (χ2v) is 4.45. The Morgan fingerprint density at radius 2 is 2.00 bits per heavy atom. The lowest BCUT2D eigenvalue weighted by atomic mass is 10.0. The van der Waals surface area contributed by atoms with Crippen LogP contribution in [-0.2, 0) is 6.54 Å². The van der Waals surface area contributed by atoms with Crippen molar-refractivity contribution in [2.75, 3.05) is 0 Å². The van der Waals surface area contributed by atoms with Gasteiger partial charge in [0.25, 0.3) is 0 Å². The number of rotatable bonds is 4. The smallest absolute Gasteiger partial charge is 0.166 e. The molecule has 0 atom stereocenters. The number of carbonyl (C=O) groups is 1. The van der Waals surface area contributed by atoms with Crippen molar-refractivity contribution in [3.63, 3.8) is 0 Å². The van der Waals surface area contributed by atoms with E-state index in [4.69, 9.17) is 0 Å². The van der Waals surface area contributed by atoms with Crippen LogP contribution in [0.5, 0.6) is 0 Å². The van der Waals surface area contributed by atoms with E-state index >= 15 is 0 Å². The molecule has 0 radical (unpaired) electrons. The fourth-order valence-corrected chi connectivity index (χ4v) is 1.72. The molecule has 3 nitrogen and oxygen atoms in total. The Morgan fingerprint density at radius 3 is 2.65 bits per heavy atom. The summed E-state index contributed by atoms with van der Waals surface area (Å²) in [4.78, 5) is 15.8. The van der Waals surface area contributed by atoms with Gasteiger partial charge in [-0.1, -0.05) is 13.8 Å². The van der Waals surface area contributed by atoms with Crippen LogP contribution < -0.4 is 0 Å². The van der Waals surface area contributed by atoms with Gasteiger partial charge in [-0.25, -0.2) is 0 Å². The van der Waals surface area contributed by atoms with E-state index in [1.165, 1.54) is 5.56 Å². The molecule has 0 bridgehead atoms. The summed E-state index contributed by atoms with van der Waals surface area (Å²) in [5.74, 6) is 0.241. The fourth-order valence-electron chi connectivity index (χ4n) is 1.72. The first-order valence-corrected chi connectivity index (χ1v) is 5.75. The van der Waals surface area contributed by atoms with E-state index in [0.29, 0.717) is 0 Å². The summed E-state index contributed by atoms with van der Waals surface area (Å²) in [6.45, 7) is 4.61. The van der Waals surface area contributed by atoms with Crippen LogP contribution in [0.2, 0.25) is 0 Å². The molecule has 17 heavy (non-hydrogen) atoms. The van der Waals surface area contributed by atoms with Crippen LogP contribution in [-0.4, -0.2) is 15.3 Å². The highest BCUT2D eigenvalue weighted by atomic mass is 16.1. The summed E-state index contributed by atoms with van der Waals surface area (Å²) >= 11 is 0. The second kappa shape index (κ2) is 4.95. The lowest BCUT2D eigenvalue weighted by Gasteiger charge is -2.03. The Balaban J connectivity index is 2.12. The van der Waals surface area contributed by atoms with E-state index in [9.17, 15) is 4.79 Å². The van der Waals surface area contributed by atoms with Crippen molar-refractivity contribution in [1.82, 2.24) is 9.55 Å². The van der Waals surface area contributed by atoms with E-state index in [-0.39, 0.29) is 11.7 Å². The number of hydrogen-bond acceptors (Lipinski definition) is 2. The molecular weight excluding hydrogens is 212 g/mol. The average molecular weight is 228 g/mol. The predicted molar refractivity (Wildman–Crippen MR) is 66.9 cm³/mol. The summed E-state index contributed by atoms with van der Waals surface area (Å²) in [5.41, 5.74) is 1.97. The molecule has 0 N–H and O–H groups in total. The molecule has 2 heterocycles. The quantitative estimate of drug-likeness (QED) is 0.754.